The molecule has 1 atom stereocenters. The molecule has 0 aromatic heterocycles. The predicted molar refractivity (Wildman–Crippen MR) is 98.0 cm³/mol. The van der Waals surface area contributed by atoms with Gasteiger partial charge in [0.2, 0.25) is 0 Å². The molecular weight excluding hydrogens is 339 g/mol. The zero-order valence-corrected chi connectivity index (χ0v) is 14.4. The van der Waals surface area contributed by atoms with E-state index in [1.807, 2.05) is 30.3 Å². The van der Waals surface area contributed by atoms with Gasteiger partial charge in [-0.2, -0.15) is 0 Å². The fourth-order valence-corrected chi connectivity index (χ4v) is 2.99. The predicted octanol–water partition coefficient (Wildman–Crippen LogP) is 3.32. The molecule has 2 aromatic rings. The highest BCUT2D eigenvalue weighted by Crippen LogP contribution is 2.33. The number of carbonyl (C=O) groups excluding carboxylic acids is 1. The molecule has 3 rings (SSSR count). The summed E-state index contributed by atoms with van der Waals surface area (Å²) < 4.78 is 19.6. The van der Waals surface area contributed by atoms with Crippen LogP contribution in [0.25, 0.3) is 5.70 Å². The van der Waals surface area contributed by atoms with Crippen molar-refractivity contribution in [2.24, 2.45) is 0 Å². The third kappa shape index (κ3) is 3.53. The van der Waals surface area contributed by atoms with Crippen LogP contribution in [0.2, 0.25) is 0 Å². The van der Waals surface area contributed by atoms with E-state index < -0.39 is 17.8 Å². The van der Waals surface area contributed by atoms with E-state index in [1.54, 1.807) is 25.1 Å². The standard InChI is InChI=1S/C19H17FN2O2S/c1-2-24-18(23)15-16(12-8-4-3-5-9-12)21-19(25)22-17(15)13-10-6-7-11-14(13)20/h3-11,17H,2H2,1H3,(H2,21,22,25)/t17-/m1/s1. The van der Waals surface area contributed by atoms with Gasteiger partial charge in [0.05, 0.1) is 23.9 Å². The van der Waals surface area contributed by atoms with Gasteiger partial charge >= 0.3 is 5.97 Å². The van der Waals surface area contributed by atoms with Crippen LogP contribution >= 0.6 is 12.2 Å². The molecule has 1 heterocycles. The molecule has 1 aliphatic heterocycles. The maximum atomic E-state index is 14.4. The third-order valence-electron chi connectivity index (χ3n) is 3.85. The number of thiocarbonyl (C=S) groups is 1. The van der Waals surface area contributed by atoms with Gasteiger partial charge in [0.15, 0.2) is 5.11 Å². The molecule has 0 fully saturated rings. The van der Waals surface area contributed by atoms with Crippen molar-refractivity contribution in [1.82, 2.24) is 10.6 Å². The summed E-state index contributed by atoms with van der Waals surface area (Å²) in [6.45, 7) is 1.95. The monoisotopic (exact) mass is 356 g/mol. The maximum absolute atomic E-state index is 14.4. The molecule has 0 radical (unpaired) electrons. The summed E-state index contributed by atoms with van der Waals surface area (Å²) in [7, 11) is 0. The van der Waals surface area contributed by atoms with E-state index in [1.165, 1.54) is 6.07 Å². The lowest BCUT2D eigenvalue weighted by Crippen LogP contribution is -2.45. The highest BCUT2D eigenvalue weighted by atomic mass is 32.1. The van der Waals surface area contributed by atoms with Gasteiger partial charge in [0.1, 0.15) is 5.82 Å². The Morgan fingerprint density at radius 1 is 1.16 bits per heavy atom. The Morgan fingerprint density at radius 2 is 1.84 bits per heavy atom. The molecule has 2 N–H and O–H groups in total. The molecule has 25 heavy (non-hydrogen) atoms. The first kappa shape index (κ1) is 17.1. The second-order valence-corrected chi connectivity index (χ2v) is 5.84. The average molecular weight is 356 g/mol. The zero-order chi connectivity index (χ0) is 17.8. The summed E-state index contributed by atoms with van der Waals surface area (Å²) in [6.07, 6.45) is 0. The van der Waals surface area contributed by atoms with Crippen LogP contribution in [0.1, 0.15) is 24.1 Å². The van der Waals surface area contributed by atoms with Crippen molar-refractivity contribution in [2.75, 3.05) is 6.61 Å². The lowest BCUT2D eigenvalue weighted by molar-refractivity contribution is -0.138. The van der Waals surface area contributed by atoms with Crippen molar-refractivity contribution in [3.63, 3.8) is 0 Å². The Bertz CT molecular complexity index is 836. The van der Waals surface area contributed by atoms with Crippen molar-refractivity contribution in [3.8, 4) is 0 Å². The fourth-order valence-electron chi connectivity index (χ4n) is 2.77. The number of benzene rings is 2. The molecule has 0 saturated carbocycles. The van der Waals surface area contributed by atoms with Crippen molar-refractivity contribution < 1.29 is 13.9 Å². The Balaban J connectivity index is 2.20. The van der Waals surface area contributed by atoms with Gasteiger partial charge < -0.3 is 15.4 Å². The topological polar surface area (TPSA) is 50.4 Å². The molecule has 1 aliphatic rings. The van der Waals surface area contributed by atoms with Crippen LogP contribution in [0.15, 0.2) is 60.2 Å². The third-order valence-corrected chi connectivity index (χ3v) is 4.07. The van der Waals surface area contributed by atoms with E-state index in [2.05, 4.69) is 10.6 Å². The minimum absolute atomic E-state index is 0.221. The maximum Gasteiger partial charge on any atom is 0.338 e. The molecule has 128 valence electrons. The first-order valence-corrected chi connectivity index (χ1v) is 8.31. The average Bonchev–Trinajstić information content (AvgIpc) is 2.62. The lowest BCUT2D eigenvalue weighted by Gasteiger charge is -2.31. The van der Waals surface area contributed by atoms with Crippen LogP contribution in [0.3, 0.4) is 0 Å². The van der Waals surface area contributed by atoms with E-state index >= 15 is 0 Å². The molecule has 0 unspecified atom stereocenters. The minimum Gasteiger partial charge on any atom is -0.463 e. The molecule has 0 bridgehead atoms. The van der Waals surface area contributed by atoms with E-state index in [4.69, 9.17) is 17.0 Å². The van der Waals surface area contributed by atoms with Gasteiger partial charge in [-0.1, -0.05) is 48.5 Å². The molecule has 0 spiro atoms. The highest BCUT2D eigenvalue weighted by Gasteiger charge is 2.34. The summed E-state index contributed by atoms with van der Waals surface area (Å²) in [4.78, 5) is 12.7. The second-order valence-electron chi connectivity index (χ2n) is 5.43. The van der Waals surface area contributed by atoms with Crippen molar-refractivity contribution in [1.29, 1.82) is 0 Å². The van der Waals surface area contributed by atoms with E-state index in [0.29, 0.717) is 21.9 Å². The summed E-state index contributed by atoms with van der Waals surface area (Å²) in [5, 5.41) is 6.32. The summed E-state index contributed by atoms with van der Waals surface area (Å²) in [5.74, 6) is -0.934. The van der Waals surface area contributed by atoms with Gasteiger partial charge in [-0.05, 0) is 30.8 Å². The molecule has 4 nitrogen and oxygen atoms in total. The van der Waals surface area contributed by atoms with Crippen LogP contribution in [0.4, 0.5) is 4.39 Å². The van der Waals surface area contributed by atoms with Gasteiger partial charge in [0.25, 0.3) is 0 Å². The molecule has 0 saturated heterocycles. The van der Waals surface area contributed by atoms with Crippen LogP contribution < -0.4 is 10.6 Å². The molecule has 6 heteroatoms. The van der Waals surface area contributed by atoms with Gasteiger partial charge in [-0.15, -0.1) is 0 Å². The van der Waals surface area contributed by atoms with Gasteiger partial charge in [0, 0.05) is 5.56 Å². The Kier molecular flexibility index (Phi) is 5.09. The van der Waals surface area contributed by atoms with Crippen molar-refractivity contribution >= 4 is 29.0 Å². The van der Waals surface area contributed by atoms with E-state index in [-0.39, 0.29) is 6.61 Å². The Labute approximate surface area is 150 Å². The molecule has 2 aromatic carbocycles. The highest BCUT2D eigenvalue weighted by molar-refractivity contribution is 7.80. The number of esters is 1. The largest absolute Gasteiger partial charge is 0.463 e. The van der Waals surface area contributed by atoms with Crippen LogP contribution in [0, 0.1) is 5.82 Å². The number of halogens is 1. The number of carbonyl (C=O) groups is 1. The number of hydrogen-bond acceptors (Lipinski definition) is 3. The number of nitrogens with one attached hydrogen (secondary N) is 2. The Hall–Kier alpha value is -2.73. The first-order chi connectivity index (χ1) is 12.1. The summed E-state index contributed by atoms with van der Waals surface area (Å²) in [6, 6.07) is 14.9. The fraction of sp³-hybridized carbons (Fsp3) is 0.158. The number of ether oxygens (including phenoxy) is 1. The van der Waals surface area contributed by atoms with Gasteiger partial charge in [-0.3, -0.25) is 0 Å². The second kappa shape index (κ2) is 7.44. The van der Waals surface area contributed by atoms with Crippen LogP contribution in [-0.2, 0) is 9.53 Å². The number of hydrogen-bond donors (Lipinski definition) is 2. The zero-order valence-electron chi connectivity index (χ0n) is 13.6. The Morgan fingerprint density at radius 3 is 2.52 bits per heavy atom. The van der Waals surface area contributed by atoms with Gasteiger partial charge in [-0.25, -0.2) is 9.18 Å². The SMILES string of the molecule is CCOC(=O)C1=C(c2ccccc2)NC(=S)N[C@@H]1c1ccccc1F. The molecule has 0 amide bonds. The minimum atomic E-state index is -0.732. The number of rotatable bonds is 4. The van der Waals surface area contributed by atoms with Crippen molar-refractivity contribution in [2.45, 2.75) is 13.0 Å². The normalized spacial score (nSPS) is 16.9. The van der Waals surface area contributed by atoms with E-state index in [9.17, 15) is 9.18 Å². The molecule has 0 aliphatic carbocycles. The summed E-state index contributed by atoms with van der Waals surface area (Å²) in [5.41, 5.74) is 1.93. The first-order valence-electron chi connectivity index (χ1n) is 7.90. The van der Waals surface area contributed by atoms with Crippen molar-refractivity contribution in [3.05, 3.63) is 77.1 Å². The van der Waals surface area contributed by atoms with Crippen LogP contribution in [-0.4, -0.2) is 17.7 Å². The van der Waals surface area contributed by atoms with E-state index in [0.717, 1.165) is 5.56 Å². The summed E-state index contributed by atoms with van der Waals surface area (Å²) >= 11 is 5.28. The van der Waals surface area contributed by atoms with Crippen LogP contribution in [0.5, 0.6) is 0 Å². The smallest absolute Gasteiger partial charge is 0.338 e. The quantitative estimate of drug-likeness (QED) is 0.650. The lowest BCUT2D eigenvalue weighted by atomic mass is 9.92. The molecular formula is C19H17FN2O2S.